The zero-order valence-corrected chi connectivity index (χ0v) is 11.2. The molecular formula is C15H12N2OS. The number of hydrogen-bond acceptors (Lipinski definition) is 4. The number of thiophene rings is 1. The summed E-state index contributed by atoms with van der Waals surface area (Å²) in [7, 11) is 0. The zero-order valence-electron chi connectivity index (χ0n) is 10.4. The summed E-state index contributed by atoms with van der Waals surface area (Å²) in [6, 6.07) is 12.3. The molecule has 2 heterocycles. The molecule has 1 N–H and O–H groups in total. The van der Waals surface area contributed by atoms with Crippen LogP contribution in [0.1, 0.15) is 10.4 Å². The van der Waals surface area contributed by atoms with Crippen LogP contribution in [0.5, 0.6) is 0 Å². The Morgan fingerprint density at radius 3 is 2.95 bits per heavy atom. The first-order valence-corrected chi connectivity index (χ1v) is 6.78. The summed E-state index contributed by atoms with van der Waals surface area (Å²) in [5, 5.41) is 14.7. The van der Waals surface area contributed by atoms with Crippen molar-refractivity contribution in [2.75, 3.05) is 0 Å². The average molecular weight is 268 g/mol. The van der Waals surface area contributed by atoms with Gasteiger partial charge in [0.2, 0.25) is 0 Å². The molecule has 0 aliphatic rings. The van der Waals surface area contributed by atoms with Gasteiger partial charge in [-0.3, -0.25) is 0 Å². The Morgan fingerprint density at radius 2 is 2.11 bits per heavy atom. The minimum Gasteiger partial charge on any atom is -0.411 e. The van der Waals surface area contributed by atoms with E-state index in [0.717, 1.165) is 27.0 Å². The topological polar surface area (TPSA) is 45.5 Å². The Balaban J connectivity index is 2.06. The molecule has 0 radical (unpaired) electrons. The molecule has 19 heavy (non-hydrogen) atoms. The van der Waals surface area contributed by atoms with Crippen molar-refractivity contribution in [1.82, 2.24) is 4.98 Å². The molecule has 0 amide bonds. The lowest BCUT2D eigenvalue weighted by Gasteiger charge is -2.02. The van der Waals surface area contributed by atoms with Crippen LogP contribution >= 0.6 is 11.3 Å². The molecular weight excluding hydrogens is 256 g/mol. The smallest absolute Gasteiger partial charge is 0.0833 e. The molecule has 0 aliphatic carbocycles. The number of nitrogens with zero attached hydrogens (tertiary/aromatic N) is 2. The van der Waals surface area contributed by atoms with Gasteiger partial charge < -0.3 is 5.21 Å². The van der Waals surface area contributed by atoms with Crippen LogP contribution in [0, 0.1) is 6.92 Å². The predicted octanol–water partition coefficient (Wildman–Crippen LogP) is 4.08. The van der Waals surface area contributed by atoms with E-state index in [1.54, 1.807) is 0 Å². The van der Waals surface area contributed by atoms with Gasteiger partial charge in [0.25, 0.3) is 0 Å². The number of hydrogen-bond donors (Lipinski definition) is 1. The molecule has 1 aromatic carbocycles. The molecule has 94 valence electrons. The number of aryl methyl sites for hydroxylation is 1. The first kappa shape index (κ1) is 11.9. The Labute approximate surface area is 114 Å². The van der Waals surface area contributed by atoms with E-state index in [2.05, 4.69) is 35.3 Å². The number of fused-ring (bicyclic) bond motifs is 1. The van der Waals surface area contributed by atoms with E-state index in [4.69, 9.17) is 5.21 Å². The normalized spacial score (nSPS) is 11.4. The van der Waals surface area contributed by atoms with Crippen molar-refractivity contribution in [1.29, 1.82) is 0 Å². The fraction of sp³-hybridized carbons (Fsp3) is 0.0667. The molecule has 3 aromatic rings. The maximum atomic E-state index is 8.53. The predicted molar refractivity (Wildman–Crippen MR) is 79.2 cm³/mol. The summed E-state index contributed by atoms with van der Waals surface area (Å²) in [5.74, 6) is 0. The van der Waals surface area contributed by atoms with Crippen LogP contribution in [0.25, 0.3) is 22.2 Å². The minimum absolute atomic E-state index is 0.906. The summed E-state index contributed by atoms with van der Waals surface area (Å²) >= 11 is 1.53. The molecule has 4 heteroatoms. The highest BCUT2D eigenvalue weighted by Crippen LogP contribution is 2.25. The summed E-state index contributed by atoms with van der Waals surface area (Å²) in [4.78, 5) is 5.57. The lowest BCUT2D eigenvalue weighted by molar-refractivity contribution is 0.322. The third kappa shape index (κ3) is 2.35. The van der Waals surface area contributed by atoms with Gasteiger partial charge >= 0.3 is 0 Å². The third-order valence-corrected chi connectivity index (χ3v) is 3.81. The van der Waals surface area contributed by atoms with E-state index in [1.165, 1.54) is 23.1 Å². The van der Waals surface area contributed by atoms with Gasteiger partial charge in [-0.25, -0.2) is 4.98 Å². The highest BCUT2D eigenvalue weighted by atomic mass is 32.1. The van der Waals surface area contributed by atoms with Crippen molar-refractivity contribution >= 4 is 28.5 Å². The van der Waals surface area contributed by atoms with Crippen LogP contribution in [0.2, 0.25) is 0 Å². The number of oxime groups is 1. The molecule has 0 unspecified atom stereocenters. The second-order valence-corrected chi connectivity index (χ2v) is 5.32. The fourth-order valence-corrected chi connectivity index (χ4v) is 2.77. The van der Waals surface area contributed by atoms with Gasteiger partial charge in [0.15, 0.2) is 0 Å². The van der Waals surface area contributed by atoms with Crippen molar-refractivity contribution in [2.45, 2.75) is 6.92 Å². The van der Waals surface area contributed by atoms with Crippen LogP contribution in [0.3, 0.4) is 0 Å². The lowest BCUT2D eigenvalue weighted by atomic mass is 10.1. The SMILES string of the molecule is Cc1ccc2nc(-c3csc(/C=N/O)c3)ccc2c1. The van der Waals surface area contributed by atoms with Gasteiger partial charge in [0.1, 0.15) is 0 Å². The first-order valence-electron chi connectivity index (χ1n) is 5.90. The van der Waals surface area contributed by atoms with Gasteiger partial charge in [0, 0.05) is 21.2 Å². The summed E-state index contributed by atoms with van der Waals surface area (Å²) < 4.78 is 0. The molecule has 0 fully saturated rings. The molecule has 3 rings (SSSR count). The van der Waals surface area contributed by atoms with Crippen molar-refractivity contribution in [3.63, 3.8) is 0 Å². The Morgan fingerprint density at radius 1 is 1.21 bits per heavy atom. The summed E-state index contributed by atoms with van der Waals surface area (Å²) in [6.07, 6.45) is 1.43. The Kier molecular flexibility index (Phi) is 3.01. The quantitative estimate of drug-likeness (QED) is 0.432. The zero-order chi connectivity index (χ0) is 13.2. The molecule has 0 spiro atoms. The van der Waals surface area contributed by atoms with E-state index in [9.17, 15) is 0 Å². The number of pyridine rings is 1. The van der Waals surface area contributed by atoms with Gasteiger partial charge in [-0.1, -0.05) is 22.9 Å². The summed E-state index contributed by atoms with van der Waals surface area (Å²) in [5.41, 5.74) is 4.21. The third-order valence-electron chi connectivity index (χ3n) is 2.95. The van der Waals surface area contributed by atoms with Crippen molar-refractivity contribution in [3.8, 4) is 11.3 Å². The number of rotatable bonds is 2. The van der Waals surface area contributed by atoms with Crippen LogP contribution in [-0.2, 0) is 0 Å². The molecule has 0 aliphatic heterocycles. The maximum absolute atomic E-state index is 8.53. The Hall–Kier alpha value is -2.20. The molecule has 0 saturated carbocycles. The molecule has 0 atom stereocenters. The Bertz CT molecular complexity index is 762. The van der Waals surface area contributed by atoms with Crippen molar-refractivity contribution in [2.24, 2.45) is 5.16 Å². The van der Waals surface area contributed by atoms with Crippen molar-refractivity contribution < 1.29 is 5.21 Å². The highest BCUT2D eigenvalue weighted by Gasteiger charge is 2.04. The monoisotopic (exact) mass is 268 g/mol. The van der Waals surface area contributed by atoms with Crippen LogP contribution < -0.4 is 0 Å². The maximum Gasteiger partial charge on any atom is 0.0833 e. The highest BCUT2D eigenvalue weighted by molar-refractivity contribution is 7.12. The number of aromatic nitrogens is 1. The largest absolute Gasteiger partial charge is 0.411 e. The van der Waals surface area contributed by atoms with E-state index in [0.29, 0.717) is 0 Å². The molecule has 0 bridgehead atoms. The minimum atomic E-state index is 0.906. The summed E-state index contributed by atoms with van der Waals surface area (Å²) in [6.45, 7) is 2.08. The molecule has 3 nitrogen and oxygen atoms in total. The van der Waals surface area contributed by atoms with Gasteiger partial charge in [-0.05, 0) is 31.2 Å². The van der Waals surface area contributed by atoms with E-state index in [-0.39, 0.29) is 0 Å². The fourth-order valence-electron chi connectivity index (χ4n) is 2.02. The molecule has 0 saturated heterocycles. The van der Waals surface area contributed by atoms with Gasteiger partial charge in [0.05, 0.1) is 17.4 Å². The average Bonchev–Trinajstić information content (AvgIpc) is 2.87. The first-order chi connectivity index (χ1) is 9.26. The van der Waals surface area contributed by atoms with E-state index in [1.807, 2.05) is 23.6 Å². The van der Waals surface area contributed by atoms with Gasteiger partial charge in [-0.2, -0.15) is 0 Å². The van der Waals surface area contributed by atoms with Crippen LogP contribution in [0.15, 0.2) is 46.9 Å². The van der Waals surface area contributed by atoms with Gasteiger partial charge in [-0.15, -0.1) is 11.3 Å². The second-order valence-electron chi connectivity index (χ2n) is 4.37. The van der Waals surface area contributed by atoms with Crippen molar-refractivity contribution in [3.05, 3.63) is 52.2 Å². The standard InChI is InChI=1S/C15H12N2OS/c1-10-2-4-14-11(6-10)3-5-15(17-14)12-7-13(8-16-18)19-9-12/h2-9,18H,1H3/b16-8+. The second kappa shape index (κ2) is 4.82. The van der Waals surface area contributed by atoms with Crippen LogP contribution in [-0.4, -0.2) is 16.4 Å². The van der Waals surface area contributed by atoms with E-state index < -0.39 is 0 Å². The van der Waals surface area contributed by atoms with E-state index >= 15 is 0 Å². The number of benzene rings is 1. The lowest BCUT2D eigenvalue weighted by Crippen LogP contribution is -1.84. The molecule has 2 aromatic heterocycles. The van der Waals surface area contributed by atoms with Crippen LogP contribution in [0.4, 0.5) is 0 Å².